The van der Waals surface area contributed by atoms with Gasteiger partial charge >= 0.3 is 0 Å². The molecular formula is C22H21N3S. The summed E-state index contributed by atoms with van der Waals surface area (Å²) in [7, 11) is 0. The van der Waals surface area contributed by atoms with Gasteiger partial charge in [0.15, 0.2) is 0 Å². The quantitative estimate of drug-likeness (QED) is 0.556. The van der Waals surface area contributed by atoms with Gasteiger partial charge < -0.3 is 5.32 Å². The van der Waals surface area contributed by atoms with Crippen LogP contribution in [0.1, 0.15) is 30.0 Å². The van der Waals surface area contributed by atoms with E-state index in [0.717, 1.165) is 34.8 Å². The SMILES string of the molecule is CCc1ccc(-c2csc(/C(C#N)=C/Nc3ccccc3CC)n2)cc1. The fraction of sp³-hybridized carbons (Fsp3) is 0.182. The highest BCUT2D eigenvalue weighted by atomic mass is 32.1. The molecule has 3 rings (SSSR count). The molecule has 0 aliphatic rings. The van der Waals surface area contributed by atoms with Crippen molar-refractivity contribution in [1.82, 2.24) is 4.98 Å². The number of hydrogen-bond donors (Lipinski definition) is 1. The number of para-hydroxylation sites is 1. The zero-order valence-corrected chi connectivity index (χ0v) is 15.8. The van der Waals surface area contributed by atoms with Crippen LogP contribution in [0.15, 0.2) is 60.1 Å². The van der Waals surface area contributed by atoms with Crippen molar-refractivity contribution in [3.8, 4) is 17.3 Å². The molecule has 1 aromatic heterocycles. The van der Waals surface area contributed by atoms with Crippen LogP contribution >= 0.6 is 11.3 Å². The average Bonchev–Trinajstić information content (AvgIpc) is 3.19. The van der Waals surface area contributed by atoms with Crippen molar-refractivity contribution in [2.75, 3.05) is 5.32 Å². The van der Waals surface area contributed by atoms with Gasteiger partial charge in [-0.05, 0) is 30.0 Å². The third kappa shape index (κ3) is 4.01. The summed E-state index contributed by atoms with van der Waals surface area (Å²) in [6.45, 7) is 4.26. The highest BCUT2D eigenvalue weighted by molar-refractivity contribution is 7.11. The minimum Gasteiger partial charge on any atom is -0.360 e. The molecule has 3 aromatic rings. The van der Waals surface area contributed by atoms with Crippen molar-refractivity contribution < 1.29 is 0 Å². The van der Waals surface area contributed by atoms with E-state index in [1.54, 1.807) is 6.20 Å². The van der Waals surface area contributed by atoms with Gasteiger partial charge in [-0.2, -0.15) is 5.26 Å². The van der Waals surface area contributed by atoms with E-state index in [9.17, 15) is 5.26 Å². The maximum Gasteiger partial charge on any atom is 0.136 e. The molecule has 0 fully saturated rings. The number of aromatic nitrogens is 1. The summed E-state index contributed by atoms with van der Waals surface area (Å²) in [6.07, 6.45) is 3.71. The third-order valence-electron chi connectivity index (χ3n) is 4.28. The zero-order valence-electron chi connectivity index (χ0n) is 15.0. The first-order chi connectivity index (χ1) is 12.7. The molecule has 2 aromatic carbocycles. The van der Waals surface area contributed by atoms with E-state index < -0.39 is 0 Å². The molecule has 0 bridgehead atoms. The Morgan fingerprint density at radius 2 is 1.88 bits per heavy atom. The number of nitrogens with one attached hydrogen (secondary N) is 1. The average molecular weight is 359 g/mol. The van der Waals surface area contributed by atoms with Gasteiger partial charge in [-0.25, -0.2) is 4.98 Å². The number of anilines is 1. The first kappa shape index (κ1) is 17.9. The van der Waals surface area contributed by atoms with Gasteiger partial charge in [-0.15, -0.1) is 11.3 Å². The van der Waals surface area contributed by atoms with Gasteiger partial charge in [0.2, 0.25) is 0 Å². The van der Waals surface area contributed by atoms with Crippen molar-refractivity contribution >= 4 is 22.6 Å². The maximum absolute atomic E-state index is 9.54. The summed E-state index contributed by atoms with van der Waals surface area (Å²) < 4.78 is 0. The van der Waals surface area contributed by atoms with Crippen LogP contribution in [-0.4, -0.2) is 4.98 Å². The fourth-order valence-electron chi connectivity index (χ4n) is 2.70. The van der Waals surface area contributed by atoms with E-state index in [1.165, 1.54) is 22.5 Å². The Balaban J connectivity index is 1.82. The lowest BCUT2D eigenvalue weighted by molar-refractivity contribution is 1.14. The van der Waals surface area contributed by atoms with E-state index in [1.807, 2.05) is 23.6 Å². The Hall–Kier alpha value is -2.90. The monoisotopic (exact) mass is 359 g/mol. The summed E-state index contributed by atoms with van der Waals surface area (Å²) in [4.78, 5) is 4.65. The molecule has 0 saturated carbocycles. The highest BCUT2D eigenvalue weighted by Crippen LogP contribution is 2.26. The summed E-state index contributed by atoms with van der Waals surface area (Å²) in [5.74, 6) is 0. The number of hydrogen-bond acceptors (Lipinski definition) is 4. The summed E-state index contributed by atoms with van der Waals surface area (Å²) >= 11 is 1.49. The fourth-order valence-corrected chi connectivity index (χ4v) is 3.50. The molecule has 130 valence electrons. The molecule has 0 saturated heterocycles. The molecule has 0 aliphatic heterocycles. The minimum atomic E-state index is 0.539. The van der Waals surface area contributed by atoms with Gasteiger partial charge in [-0.3, -0.25) is 0 Å². The molecule has 3 nitrogen and oxygen atoms in total. The molecule has 1 N–H and O–H groups in total. The standard InChI is InChI=1S/C22H21N3S/c1-3-16-9-11-18(12-10-16)21-15-26-22(25-21)19(13-23)14-24-20-8-6-5-7-17(20)4-2/h5-12,14-15,24H,3-4H2,1-2H3/b19-14+. The lowest BCUT2D eigenvalue weighted by Crippen LogP contribution is -1.95. The zero-order chi connectivity index (χ0) is 18.4. The number of aryl methyl sites for hydroxylation is 2. The first-order valence-electron chi connectivity index (χ1n) is 8.75. The van der Waals surface area contributed by atoms with Gasteiger partial charge in [0, 0.05) is 22.8 Å². The van der Waals surface area contributed by atoms with E-state index >= 15 is 0 Å². The second-order valence-electron chi connectivity index (χ2n) is 5.91. The van der Waals surface area contributed by atoms with Crippen LogP contribution in [0.4, 0.5) is 5.69 Å². The van der Waals surface area contributed by atoms with Gasteiger partial charge in [0.25, 0.3) is 0 Å². The van der Waals surface area contributed by atoms with Crippen LogP contribution < -0.4 is 5.32 Å². The predicted octanol–water partition coefficient (Wildman–Crippen LogP) is 5.91. The van der Waals surface area contributed by atoms with Crippen molar-refractivity contribution in [3.63, 3.8) is 0 Å². The summed E-state index contributed by atoms with van der Waals surface area (Å²) in [5, 5.41) is 15.5. The molecule has 4 heteroatoms. The molecule has 26 heavy (non-hydrogen) atoms. The van der Waals surface area contributed by atoms with E-state index in [2.05, 4.69) is 60.5 Å². The maximum atomic E-state index is 9.54. The van der Waals surface area contributed by atoms with E-state index in [0.29, 0.717) is 5.57 Å². The molecule has 0 radical (unpaired) electrons. The van der Waals surface area contributed by atoms with E-state index in [-0.39, 0.29) is 0 Å². The molecule has 0 atom stereocenters. The topological polar surface area (TPSA) is 48.7 Å². The second-order valence-corrected chi connectivity index (χ2v) is 6.77. The Morgan fingerprint density at radius 3 is 2.58 bits per heavy atom. The van der Waals surface area contributed by atoms with Crippen LogP contribution in [-0.2, 0) is 12.8 Å². The van der Waals surface area contributed by atoms with Crippen LogP contribution in [0.5, 0.6) is 0 Å². The second kappa shape index (κ2) is 8.46. The lowest BCUT2D eigenvalue weighted by Gasteiger charge is -2.07. The summed E-state index contributed by atoms with van der Waals surface area (Å²) in [6, 6.07) is 18.8. The third-order valence-corrected chi connectivity index (χ3v) is 5.16. The summed E-state index contributed by atoms with van der Waals surface area (Å²) in [5.41, 5.74) is 6.07. The van der Waals surface area contributed by atoms with Gasteiger partial charge in [0.1, 0.15) is 16.6 Å². The molecule has 1 heterocycles. The van der Waals surface area contributed by atoms with Crippen LogP contribution in [0, 0.1) is 11.3 Å². The van der Waals surface area contributed by atoms with E-state index in [4.69, 9.17) is 0 Å². The molecule has 0 unspecified atom stereocenters. The molecule has 0 aliphatic carbocycles. The normalized spacial score (nSPS) is 11.2. The number of nitriles is 1. The molecule has 0 amide bonds. The Bertz CT molecular complexity index is 946. The van der Waals surface area contributed by atoms with Crippen LogP contribution in [0.25, 0.3) is 16.8 Å². The first-order valence-corrected chi connectivity index (χ1v) is 9.63. The molecular weight excluding hydrogens is 338 g/mol. The van der Waals surface area contributed by atoms with Crippen molar-refractivity contribution in [3.05, 3.63) is 76.2 Å². The number of benzene rings is 2. The molecule has 0 spiro atoms. The Morgan fingerprint density at radius 1 is 1.12 bits per heavy atom. The largest absolute Gasteiger partial charge is 0.360 e. The number of nitrogens with zero attached hydrogens (tertiary/aromatic N) is 2. The number of rotatable bonds is 6. The Kier molecular flexibility index (Phi) is 5.83. The smallest absolute Gasteiger partial charge is 0.136 e. The van der Waals surface area contributed by atoms with Crippen molar-refractivity contribution in [2.24, 2.45) is 0 Å². The Labute approximate surface area is 158 Å². The van der Waals surface area contributed by atoms with Crippen molar-refractivity contribution in [2.45, 2.75) is 26.7 Å². The van der Waals surface area contributed by atoms with Gasteiger partial charge in [0.05, 0.1) is 5.69 Å². The predicted molar refractivity (Wildman–Crippen MR) is 110 cm³/mol. The van der Waals surface area contributed by atoms with Crippen molar-refractivity contribution in [1.29, 1.82) is 5.26 Å². The van der Waals surface area contributed by atoms with Gasteiger partial charge in [-0.1, -0.05) is 56.3 Å². The number of allylic oxidation sites excluding steroid dienone is 1. The lowest BCUT2D eigenvalue weighted by atomic mass is 10.1. The minimum absolute atomic E-state index is 0.539. The number of thiazole rings is 1. The highest BCUT2D eigenvalue weighted by Gasteiger charge is 2.09. The van der Waals surface area contributed by atoms with Crippen LogP contribution in [0.3, 0.4) is 0 Å². The van der Waals surface area contributed by atoms with Crippen LogP contribution in [0.2, 0.25) is 0 Å².